The highest BCUT2D eigenvalue weighted by Crippen LogP contribution is 2.32. The molecule has 0 unspecified atom stereocenters. The van der Waals surface area contributed by atoms with Gasteiger partial charge in [-0.15, -0.1) is 0 Å². The summed E-state index contributed by atoms with van der Waals surface area (Å²) >= 11 is 0. The molecular weight excluding hydrogens is 298 g/mol. The molecule has 0 atom stereocenters. The maximum absolute atomic E-state index is 6.36. The minimum Gasteiger partial charge on any atom is -0.398 e. The Hall–Kier alpha value is -2.66. The van der Waals surface area contributed by atoms with Gasteiger partial charge in [-0.3, -0.25) is 0 Å². The van der Waals surface area contributed by atoms with E-state index in [0.29, 0.717) is 0 Å². The number of rotatable bonds is 2. The maximum Gasteiger partial charge on any atom is 0.129 e. The number of piperazine rings is 1. The Balaban J connectivity index is 1.81. The van der Waals surface area contributed by atoms with Crippen LogP contribution in [-0.2, 0) is 0 Å². The number of benzene rings is 1. The summed E-state index contributed by atoms with van der Waals surface area (Å²) in [5.41, 5.74) is 11.1. The third-order valence-corrected chi connectivity index (χ3v) is 4.65. The number of fused-ring (bicyclic) bond motifs is 1. The summed E-state index contributed by atoms with van der Waals surface area (Å²) in [7, 11) is 0. The Morgan fingerprint density at radius 1 is 1.12 bits per heavy atom. The second-order valence-electron chi connectivity index (χ2n) is 6.16. The average molecular weight is 319 g/mol. The van der Waals surface area contributed by atoms with Crippen LogP contribution in [0.15, 0.2) is 42.6 Å². The lowest BCUT2D eigenvalue weighted by atomic mass is 10.0. The second kappa shape index (κ2) is 6.09. The largest absolute Gasteiger partial charge is 0.398 e. The number of pyridine rings is 2. The van der Waals surface area contributed by atoms with Gasteiger partial charge < -0.3 is 16.0 Å². The van der Waals surface area contributed by atoms with Crippen LogP contribution >= 0.6 is 0 Å². The molecule has 3 N–H and O–H groups in total. The van der Waals surface area contributed by atoms with Crippen LogP contribution < -0.4 is 16.0 Å². The van der Waals surface area contributed by atoms with E-state index in [2.05, 4.69) is 21.3 Å². The summed E-state index contributed by atoms with van der Waals surface area (Å²) in [6, 6.07) is 12.1. The highest BCUT2D eigenvalue weighted by Gasteiger charge is 2.15. The summed E-state index contributed by atoms with van der Waals surface area (Å²) in [4.78, 5) is 11.7. The van der Waals surface area contributed by atoms with E-state index in [9.17, 15) is 0 Å². The summed E-state index contributed by atoms with van der Waals surface area (Å²) in [6.45, 7) is 5.97. The lowest BCUT2D eigenvalue weighted by molar-refractivity contribution is 0.585. The Bertz CT molecular complexity index is 884. The van der Waals surface area contributed by atoms with Gasteiger partial charge in [0.05, 0.1) is 11.2 Å². The van der Waals surface area contributed by atoms with Crippen LogP contribution in [0.5, 0.6) is 0 Å². The summed E-state index contributed by atoms with van der Waals surface area (Å²) in [5, 5.41) is 4.38. The number of hydrogen-bond acceptors (Lipinski definition) is 5. The van der Waals surface area contributed by atoms with Crippen molar-refractivity contribution in [3.05, 3.63) is 48.2 Å². The molecule has 4 rings (SSSR count). The van der Waals surface area contributed by atoms with Crippen LogP contribution in [0.1, 0.15) is 5.56 Å². The van der Waals surface area contributed by atoms with Crippen molar-refractivity contribution in [2.75, 3.05) is 36.8 Å². The molecule has 5 heteroatoms. The SMILES string of the molecule is Cc1c(-c2ccnc(N3CCNCC3)c2)nc2ccccc2c1N. The number of aromatic nitrogens is 2. The minimum atomic E-state index is 0.802. The van der Waals surface area contributed by atoms with E-state index in [1.807, 2.05) is 43.5 Å². The number of nitrogens with two attached hydrogens (primary N) is 1. The predicted octanol–water partition coefficient (Wildman–Crippen LogP) is 2.60. The minimum absolute atomic E-state index is 0.802. The average Bonchev–Trinajstić information content (AvgIpc) is 2.65. The molecule has 0 radical (unpaired) electrons. The van der Waals surface area contributed by atoms with E-state index in [-0.39, 0.29) is 0 Å². The van der Waals surface area contributed by atoms with Crippen molar-refractivity contribution < 1.29 is 0 Å². The van der Waals surface area contributed by atoms with E-state index in [4.69, 9.17) is 10.7 Å². The van der Waals surface area contributed by atoms with Crippen molar-refractivity contribution in [1.29, 1.82) is 0 Å². The standard InChI is InChI=1S/C19H21N5/c1-13-18(20)15-4-2-3-5-16(15)23-19(13)14-6-7-22-17(12-14)24-10-8-21-9-11-24/h2-7,12,21H,8-11H2,1H3,(H2,20,23). The van der Waals surface area contributed by atoms with Gasteiger partial charge >= 0.3 is 0 Å². The third kappa shape index (κ3) is 2.57. The molecule has 3 aromatic rings. The monoisotopic (exact) mass is 319 g/mol. The zero-order valence-electron chi connectivity index (χ0n) is 13.8. The molecule has 1 aliphatic rings. The van der Waals surface area contributed by atoms with E-state index in [1.54, 1.807) is 0 Å². The molecule has 5 nitrogen and oxygen atoms in total. The van der Waals surface area contributed by atoms with E-state index < -0.39 is 0 Å². The zero-order chi connectivity index (χ0) is 16.5. The van der Waals surface area contributed by atoms with Gasteiger partial charge in [-0.05, 0) is 30.7 Å². The first kappa shape index (κ1) is 14.9. The molecule has 0 spiro atoms. The van der Waals surface area contributed by atoms with Gasteiger partial charge in [-0.2, -0.15) is 0 Å². The summed E-state index contributed by atoms with van der Waals surface area (Å²) < 4.78 is 0. The molecule has 1 aliphatic heterocycles. The summed E-state index contributed by atoms with van der Waals surface area (Å²) in [6.07, 6.45) is 1.86. The molecule has 1 fully saturated rings. The van der Waals surface area contributed by atoms with Gasteiger partial charge in [-0.25, -0.2) is 9.97 Å². The Morgan fingerprint density at radius 2 is 1.92 bits per heavy atom. The van der Waals surface area contributed by atoms with Crippen molar-refractivity contribution in [2.24, 2.45) is 0 Å². The van der Waals surface area contributed by atoms with Crippen molar-refractivity contribution in [3.8, 4) is 11.3 Å². The van der Waals surface area contributed by atoms with Crippen LogP contribution in [0, 0.1) is 6.92 Å². The smallest absolute Gasteiger partial charge is 0.129 e. The lowest BCUT2D eigenvalue weighted by Crippen LogP contribution is -2.43. The third-order valence-electron chi connectivity index (χ3n) is 4.65. The molecule has 122 valence electrons. The predicted molar refractivity (Wildman–Crippen MR) is 99.2 cm³/mol. The number of anilines is 2. The maximum atomic E-state index is 6.36. The highest BCUT2D eigenvalue weighted by molar-refractivity contribution is 5.95. The zero-order valence-corrected chi connectivity index (χ0v) is 13.8. The second-order valence-corrected chi connectivity index (χ2v) is 6.16. The van der Waals surface area contributed by atoms with Gasteiger partial charge in [0.1, 0.15) is 5.82 Å². The fourth-order valence-electron chi connectivity index (χ4n) is 3.25. The quantitative estimate of drug-likeness (QED) is 0.760. The first-order valence-electron chi connectivity index (χ1n) is 8.31. The number of hydrogen-bond donors (Lipinski definition) is 2. The van der Waals surface area contributed by atoms with Crippen molar-refractivity contribution in [3.63, 3.8) is 0 Å². The molecular formula is C19H21N5. The number of nitrogens with one attached hydrogen (secondary N) is 1. The van der Waals surface area contributed by atoms with Crippen molar-refractivity contribution >= 4 is 22.4 Å². The first-order chi connectivity index (χ1) is 11.7. The number of nitrogen functional groups attached to an aromatic ring is 1. The van der Waals surface area contributed by atoms with Gasteiger partial charge in [0.2, 0.25) is 0 Å². The van der Waals surface area contributed by atoms with Crippen LogP contribution in [-0.4, -0.2) is 36.1 Å². The van der Waals surface area contributed by atoms with Crippen LogP contribution in [0.3, 0.4) is 0 Å². The van der Waals surface area contributed by atoms with Gasteiger partial charge in [0.15, 0.2) is 0 Å². The van der Waals surface area contributed by atoms with Gasteiger partial charge in [0, 0.05) is 49.0 Å². The molecule has 0 amide bonds. The fraction of sp³-hybridized carbons (Fsp3) is 0.263. The molecule has 24 heavy (non-hydrogen) atoms. The van der Waals surface area contributed by atoms with Crippen molar-refractivity contribution in [2.45, 2.75) is 6.92 Å². The molecule has 0 aliphatic carbocycles. The Kier molecular flexibility index (Phi) is 3.78. The Morgan fingerprint density at radius 3 is 2.75 bits per heavy atom. The Labute approximate surface area is 141 Å². The summed E-state index contributed by atoms with van der Waals surface area (Å²) in [5.74, 6) is 1.00. The fourth-order valence-corrected chi connectivity index (χ4v) is 3.25. The number of para-hydroxylation sites is 1. The molecule has 0 saturated carbocycles. The van der Waals surface area contributed by atoms with Crippen molar-refractivity contribution in [1.82, 2.24) is 15.3 Å². The molecule has 1 aromatic carbocycles. The van der Waals surface area contributed by atoms with Crippen LogP contribution in [0.25, 0.3) is 22.2 Å². The lowest BCUT2D eigenvalue weighted by Gasteiger charge is -2.28. The van der Waals surface area contributed by atoms with Crippen LogP contribution in [0.4, 0.5) is 11.5 Å². The van der Waals surface area contributed by atoms with Crippen LogP contribution in [0.2, 0.25) is 0 Å². The molecule has 2 aromatic heterocycles. The molecule has 0 bridgehead atoms. The molecule has 3 heterocycles. The first-order valence-corrected chi connectivity index (χ1v) is 8.31. The normalized spacial score (nSPS) is 15.0. The van der Waals surface area contributed by atoms with E-state index in [1.165, 1.54) is 0 Å². The number of nitrogens with zero attached hydrogens (tertiary/aromatic N) is 3. The van der Waals surface area contributed by atoms with Gasteiger partial charge in [-0.1, -0.05) is 18.2 Å². The highest BCUT2D eigenvalue weighted by atomic mass is 15.2. The molecule has 1 saturated heterocycles. The van der Waals surface area contributed by atoms with E-state index >= 15 is 0 Å². The van der Waals surface area contributed by atoms with Gasteiger partial charge in [0.25, 0.3) is 0 Å². The topological polar surface area (TPSA) is 67.1 Å². The van der Waals surface area contributed by atoms with E-state index in [0.717, 1.165) is 65.4 Å².